The Bertz CT molecular complexity index is 643. The van der Waals surface area contributed by atoms with Crippen molar-refractivity contribution >= 4 is 28.1 Å². The summed E-state index contributed by atoms with van der Waals surface area (Å²) in [4.78, 5) is 0.330. The molecule has 0 heterocycles. The van der Waals surface area contributed by atoms with Crippen molar-refractivity contribution in [3.63, 3.8) is 0 Å². The van der Waals surface area contributed by atoms with Gasteiger partial charge in [0, 0.05) is 11.3 Å². The molecule has 0 fully saturated rings. The lowest BCUT2D eigenvalue weighted by Gasteiger charge is -2.10. The topological polar surface area (TPSA) is 52.3 Å². The summed E-state index contributed by atoms with van der Waals surface area (Å²) in [5.41, 5.74) is 6.40. The smallest absolute Gasteiger partial charge is 0.169 e. The standard InChI is InChI=1S/C14H13ClFNO2S/c1-19-12-7-2-4-9(13(12)16)8-20(18)14-10(15)5-3-6-11(14)17/h2-7H,8,17H2,1H3. The van der Waals surface area contributed by atoms with Gasteiger partial charge in [0.2, 0.25) is 0 Å². The molecule has 0 spiro atoms. The van der Waals surface area contributed by atoms with Crippen LogP contribution in [0.2, 0.25) is 5.02 Å². The number of nitrogens with two attached hydrogens (primary N) is 1. The highest BCUT2D eigenvalue weighted by Crippen LogP contribution is 2.29. The summed E-state index contributed by atoms with van der Waals surface area (Å²) < 4.78 is 31.3. The predicted molar refractivity (Wildman–Crippen MR) is 78.9 cm³/mol. The Morgan fingerprint density at radius 1 is 1.30 bits per heavy atom. The molecule has 0 aliphatic carbocycles. The molecule has 0 radical (unpaired) electrons. The molecule has 2 aromatic rings. The van der Waals surface area contributed by atoms with Crippen molar-refractivity contribution < 1.29 is 13.3 Å². The second-order valence-corrected chi connectivity index (χ2v) is 5.88. The van der Waals surface area contributed by atoms with Crippen LogP contribution in [-0.4, -0.2) is 11.3 Å². The van der Waals surface area contributed by atoms with Gasteiger partial charge in [-0.15, -0.1) is 0 Å². The van der Waals surface area contributed by atoms with E-state index in [1.165, 1.54) is 13.2 Å². The van der Waals surface area contributed by atoms with E-state index in [9.17, 15) is 8.60 Å². The third-order valence-corrected chi connectivity index (χ3v) is 4.69. The first kappa shape index (κ1) is 14.8. The molecular formula is C14H13ClFNO2S. The highest BCUT2D eigenvalue weighted by molar-refractivity contribution is 7.84. The van der Waals surface area contributed by atoms with Crippen molar-refractivity contribution in [2.45, 2.75) is 10.6 Å². The molecular weight excluding hydrogens is 301 g/mol. The number of benzene rings is 2. The lowest BCUT2D eigenvalue weighted by atomic mass is 10.2. The summed E-state index contributed by atoms with van der Waals surface area (Å²) in [5.74, 6) is -0.419. The van der Waals surface area contributed by atoms with Crippen molar-refractivity contribution in [3.05, 3.63) is 52.8 Å². The molecule has 106 valence electrons. The maximum atomic E-state index is 14.0. The molecule has 0 saturated carbocycles. The van der Waals surface area contributed by atoms with Crippen LogP contribution in [0.15, 0.2) is 41.3 Å². The van der Waals surface area contributed by atoms with E-state index in [4.69, 9.17) is 22.1 Å². The summed E-state index contributed by atoms with van der Waals surface area (Å²) in [5, 5.41) is 0.312. The van der Waals surface area contributed by atoms with Crippen LogP contribution in [0.4, 0.5) is 10.1 Å². The third kappa shape index (κ3) is 2.94. The molecule has 1 unspecified atom stereocenters. The molecule has 20 heavy (non-hydrogen) atoms. The van der Waals surface area contributed by atoms with Crippen LogP contribution in [0, 0.1) is 5.82 Å². The van der Waals surface area contributed by atoms with E-state index in [2.05, 4.69) is 0 Å². The van der Waals surface area contributed by atoms with Crippen LogP contribution < -0.4 is 10.5 Å². The zero-order chi connectivity index (χ0) is 14.7. The maximum absolute atomic E-state index is 14.0. The van der Waals surface area contributed by atoms with Gasteiger partial charge in [0.25, 0.3) is 0 Å². The monoisotopic (exact) mass is 313 g/mol. The van der Waals surface area contributed by atoms with Gasteiger partial charge in [0.15, 0.2) is 11.6 Å². The van der Waals surface area contributed by atoms with Crippen molar-refractivity contribution in [1.82, 2.24) is 0 Å². The quantitative estimate of drug-likeness (QED) is 0.880. The minimum absolute atomic E-state index is 0.0169. The van der Waals surface area contributed by atoms with E-state index >= 15 is 0 Å². The Balaban J connectivity index is 2.33. The van der Waals surface area contributed by atoms with Gasteiger partial charge < -0.3 is 10.5 Å². The Hall–Kier alpha value is -1.59. The number of ether oxygens (including phenoxy) is 1. The molecule has 6 heteroatoms. The summed E-state index contributed by atoms with van der Waals surface area (Å²) in [6.07, 6.45) is 0. The number of methoxy groups -OCH3 is 1. The first-order valence-corrected chi connectivity index (χ1v) is 7.48. The van der Waals surface area contributed by atoms with Crippen LogP contribution in [0.3, 0.4) is 0 Å². The molecule has 3 nitrogen and oxygen atoms in total. The van der Waals surface area contributed by atoms with Crippen LogP contribution in [0.1, 0.15) is 5.56 Å². The van der Waals surface area contributed by atoms with Crippen LogP contribution in [0.5, 0.6) is 5.75 Å². The highest BCUT2D eigenvalue weighted by Gasteiger charge is 2.16. The zero-order valence-corrected chi connectivity index (χ0v) is 12.3. The number of nitrogen functional groups attached to an aromatic ring is 1. The lowest BCUT2D eigenvalue weighted by Crippen LogP contribution is -2.04. The molecule has 0 amide bonds. The van der Waals surface area contributed by atoms with Crippen molar-refractivity contribution in [2.24, 2.45) is 0 Å². The third-order valence-electron chi connectivity index (χ3n) is 2.77. The zero-order valence-electron chi connectivity index (χ0n) is 10.7. The first-order valence-electron chi connectivity index (χ1n) is 5.78. The molecule has 0 aliphatic rings. The Morgan fingerprint density at radius 2 is 2.00 bits per heavy atom. The number of halogens is 2. The normalized spacial score (nSPS) is 12.2. The SMILES string of the molecule is COc1cccc(CS(=O)c2c(N)cccc2Cl)c1F. The lowest BCUT2D eigenvalue weighted by molar-refractivity contribution is 0.385. The summed E-state index contributed by atoms with van der Waals surface area (Å²) in [6, 6.07) is 9.59. The van der Waals surface area contributed by atoms with Gasteiger partial charge in [-0.05, 0) is 18.2 Å². The van der Waals surface area contributed by atoms with Gasteiger partial charge in [-0.3, -0.25) is 4.21 Å². The van der Waals surface area contributed by atoms with Gasteiger partial charge in [-0.1, -0.05) is 29.8 Å². The highest BCUT2D eigenvalue weighted by atomic mass is 35.5. The summed E-state index contributed by atoms with van der Waals surface area (Å²) >= 11 is 6.00. The number of anilines is 1. The van der Waals surface area contributed by atoms with Gasteiger partial charge in [-0.25, -0.2) is 4.39 Å². The van der Waals surface area contributed by atoms with E-state index in [0.29, 0.717) is 21.2 Å². The number of hydrogen-bond acceptors (Lipinski definition) is 3. The van der Waals surface area contributed by atoms with Crippen molar-refractivity contribution in [1.29, 1.82) is 0 Å². The molecule has 0 saturated heterocycles. The van der Waals surface area contributed by atoms with E-state index in [-0.39, 0.29) is 11.5 Å². The van der Waals surface area contributed by atoms with Crippen LogP contribution in [-0.2, 0) is 16.6 Å². The number of hydrogen-bond donors (Lipinski definition) is 1. The summed E-state index contributed by atoms with van der Waals surface area (Å²) in [7, 11) is -0.150. The van der Waals surface area contributed by atoms with E-state index in [1.54, 1.807) is 30.3 Å². The van der Waals surface area contributed by atoms with Crippen LogP contribution >= 0.6 is 11.6 Å². The molecule has 0 aliphatic heterocycles. The van der Waals surface area contributed by atoms with Gasteiger partial charge >= 0.3 is 0 Å². The fraction of sp³-hybridized carbons (Fsp3) is 0.143. The van der Waals surface area contributed by atoms with E-state index in [0.717, 1.165) is 0 Å². The Kier molecular flexibility index (Phi) is 4.62. The molecule has 0 aromatic heterocycles. The Morgan fingerprint density at radius 3 is 2.65 bits per heavy atom. The molecule has 2 N–H and O–H groups in total. The maximum Gasteiger partial charge on any atom is 0.169 e. The predicted octanol–water partition coefficient (Wildman–Crippen LogP) is 3.38. The average Bonchev–Trinajstić information content (AvgIpc) is 2.41. The van der Waals surface area contributed by atoms with Gasteiger partial charge in [0.1, 0.15) is 0 Å². The van der Waals surface area contributed by atoms with Crippen molar-refractivity contribution in [2.75, 3.05) is 12.8 Å². The fourth-order valence-electron chi connectivity index (χ4n) is 1.80. The second-order valence-electron chi connectivity index (χ2n) is 4.08. The summed E-state index contributed by atoms with van der Waals surface area (Å²) in [6.45, 7) is 0. The first-order chi connectivity index (χ1) is 9.54. The minimum atomic E-state index is -1.53. The molecule has 1 atom stereocenters. The van der Waals surface area contributed by atoms with Gasteiger partial charge in [-0.2, -0.15) is 0 Å². The van der Waals surface area contributed by atoms with Crippen molar-refractivity contribution in [3.8, 4) is 5.75 Å². The molecule has 2 aromatic carbocycles. The fourth-order valence-corrected chi connectivity index (χ4v) is 3.51. The largest absolute Gasteiger partial charge is 0.494 e. The number of rotatable bonds is 4. The Labute approximate surface area is 124 Å². The van der Waals surface area contributed by atoms with Gasteiger partial charge in [0.05, 0.1) is 33.6 Å². The van der Waals surface area contributed by atoms with E-state index in [1.807, 2.05) is 0 Å². The molecule has 2 rings (SSSR count). The van der Waals surface area contributed by atoms with E-state index < -0.39 is 16.6 Å². The van der Waals surface area contributed by atoms with Crippen LogP contribution in [0.25, 0.3) is 0 Å². The molecule has 0 bridgehead atoms. The average molecular weight is 314 g/mol. The minimum Gasteiger partial charge on any atom is -0.494 e. The second kappa shape index (κ2) is 6.24.